The van der Waals surface area contributed by atoms with Crippen LogP contribution < -0.4 is 21.1 Å². The first-order valence-electron chi connectivity index (χ1n) is 11.0. The predicted octanol–water partition coefficient (Wildman–Crippen LogP) is 4.41. The average Bonchev–Trinajstić information content (AvgIpc) is 3.17. The first-order chi connectivity index (χ1) is 16.0. The van der Waals surface area contributed by atoms with E-state index < -0.39 is 6.09 Å². The SMILES string of the molecule is CC(C)OC(=O)NCCOc1cc(N)c(C=N)cc1Nc1ncnc2sc3c(c12)CCCC3. The maximum Gasteiger partial charge on any atom is 0.407 e. The van der Waals surface area contributed by atoms with E-state index in [1.807, 2.05) is 0 Å². The number of nitrogen functional groups attached to an aromatic ring is 1. The molecule has 0 fully saturated rings. The number of aromatic nitrogens is 2. The van der Waals surface area contributed by atoms with E-state index in [-0.39, 0.29) is 19.3 Å². The highest BCUT2D eigenvalue weighted by Gasteiger charge is 2.21. The predicted molar refractivity (Wildman–Crippen MR) is 131 cm³/mol. The van der Waals surface area contributed by atoms with Crippen LogP contribution in [0, 0.1) is 5.41 Å². The van der Waals surface area contributed by atoms with Gasteiger partial charge in [-0.3, -0.25) is 0 Å². The van der Waals surface area contributed by atoms with Gasteiger partial charge in [-0.25, -0.2) is 14.8 Å². The molecule has 0 bridgehead atoms. The summed E-state index contributed by atoms with van der Waals surface area (Å²) in [6.07, 6.45) is 6.55. The van der Waals surface area contributed by atoms with Crippen LogP contribution in [0.15, 0.2) is 18.5 Å². The zero-order chi connectivity index (χ0) is 23.4. The summed E-state index contributed by atoms with van der Waals surface area (Å²) in [6, 6.07) is 3.45. The molecule has 0 atom stereocenters. The standard InChI is InChI=1S/C23H28N6O3S/c1-13(2)32-23(30)26-7-8-31-18-10-16(25)14(11-24)9-17(18)29-21-20-15-5-3-4-6-19(15)33-22(20)28-12-27-21/h9-13,24H,3-8,25H2,1-2H3,(H,26,30)(H,27,28,29). The lowest BCUT2D eigenvalue weighted by Gasteiger charge is -2.17. The third-order valence-corrected chi connectivity index (χ3v) is 6.52. The molecule has 0 saturated heterocycles. The van der Waals surface area contributed by atoms with Gasteiger partial charge in [-0.2, -0.15) is 0 Å². The zero-order valence-electron chi connectivity index (χ0n) is 18.7. The number of fused-ring (bicyclic) bond motifs is 3. The molecular formula is C23H28N6O3S. The minimum Gasteiger partial charge on any atom is -0.489 e. The zero-order valence-corrected chi connectivity index (χ0v) is 19.6. The molecule has 2 aromatic heterocycles. The fourth-order valence-corrected chi connectivity index (χ4v) is 5.07. The Hall–Kier alpha value is -3.40. The summed E-state index contributed by atoms with van der Waals surface area (Å²) < 4.78 is 11.0. The van der Waals surface area contributed by atoms with E-state index in [4.69, 9.17) is 20.6 Å². The van der Waals surface area contributed by atoms with Crippen LogP contribution in [0.2, 0.25) is 0 Å². The van der Waals surface area contributed by atoms with Gasteiger partial charge in [0.05, 0.1) is 23.7 Å². The van der Waals surface area contributed by atoms with Crippen molar-refractivity contribution in [3.8, 4) is 5.75 Å². The molecule has 10 heteroatoms. The summed E-state index contributed by atoms with van der Waals surface area (Å²) in [6.45, 7) is 4.07. The van der Waals surface area contributed by atoms with Gasteiger partial charge >= 0.3 is 6.09 Å². The molecule has 4 rings (SSSR count). The second-order valence-corrected chi connectivity index (χ2v) is 9.17. The summed E-state index contributed by atoms with van der Waals surface area (Å²) >= 11 is 1.73. The number of alkyl carbamates (subject to hydrolysis) is 1. The van der Waals surface area contributed by atoms with Gasteiger partial charge < -0.3 is 31.3 Å². The number of benzene rings is 1. The topological polar surface area (TPSA) is 135 Å². The van der Waals surface area contributed by atoms with Crippen LogP contribution in [0.1, 0.15) is 42.7 Å². The largest absolute Gasteiger partial charge is 0.489 e. The molecule has 1 aliphatic carbocycles. The second kappa shape index (κ2) is 10.0. The average molecular weight is 469 g/mol. The van der Waals surface area contributed by atoms with Crippen molar-refractivity contribution in [1.29, 1.82) is 5.41 Å². The summed E-state index contributed by atoms with van der Waals surface area (Å²) in [5.74, 6) is 1.22. The van der Waals surface area contributed by atoms with Crippen molar-refractivity contribution in [3.05, 3.63) is 34.5 Å². The first-order valence-corrected chi connectivity index (χ1v) is 11.8. The van der Waals surface area contributed by atoms with Crippen LogP contribution in [-0.4, -0.2) is 41.5 Å². The maximum atomic E-state index is 11.7. The Morgan fingerprint density at radius 3 is 2.91 bits per heavy atom. The Balaban J connectivity index is 1.58. The maximum absolute atomic E-state index is 11.7. The van der Waals surface area contributed by atoms with E-state index in [0.717, 1.165) is 29.5 Å². The normalized spacial score (nSPS) is 12.9. The third-order valence-electron chi connectivity index (χ3n) is 5.32. The quantitative estimate of drug-likeness (QED) is 0.218. The van der Waals surface area contributed by atoms with Crippen LogP contribution in [0.5, 0.6) is 5.75 Å². The highest BCUT2D eigenvalue weighted by Crippen LogP contribution is 2.40. The Morgan fingerprint density at radius 2 is 2.12 bits per heavy atom. The summed E-state index contributed by atoms with van der Waals surface area (Å²) in [7, 11) is 0. The lowest BCUT2D eigenvalue weighted by Crippen LogP contribution is -2.30. The number of nitrogens with zero attached hydrogens (tertiary/aromatic N) is 2. The molecule has 5 N–H and O–H groups in total. The van der Waals surface area contributed by atoms with Crippen molar-refractivity contribution in [2.24, 2.45) is 0 Å². The smallest absolute Gasteiger partial charge is 0.407 e. The van der Waals surface area contributed by atoms with Crippen molar-refractivity contribution in [2.45, 2.75) is 45.6 Å². The molecular weight excluding hydrogens is 440 g/mol. The van der Waals surface area contributed by atoms with Gasteiger partial charge in [-0.05, 0) is 51.2 Å². The number of ether oxygens (including phenoxy) is 2. The number of amides is 1. The van der Waals surface area contributed by atoms with Crippen molar-refractivity contribution >= 4 is 51.1 Å². The molecule has 0 spiro atoms. The summed E-state index contributed by atoms with van der Waals surface area (Å²) in [5.41, 5.74) is 9.06. The molecule has 0 aliphatic heterocycles. The number of nitrogens with two attached hydrogens (primary N) is 1. The number of carbonyl (C=O) groups excluding carboxylic acids is 1. The minimum absolute atomic E-state index is 0.192. The number of thiophene rings is 1. The number of hydrogen-bond donors (Lipinski definition) is 4. The third kappa shape index (κ3) is 5.16. The van der Waals surface area contributed by atoms with Gasteiger partial charge in [0.25, 0.3) is 0 Å². The van der Waals surface area contributed by atoms with E-state index in [0.29, 0.717) is 28.5 Å². The van der Waals surface area contributed by atoms with E-state index in [2.05, 4.69) is 20.6 Å². The fraction of sp³-hybridized carbons (Fsp3) is 0.391. The lowest BCUT2D eigenvalue weighted by atomic mass is 9.97. The van der Waals surface area contributed by atoms with Crippen molar-refractivity contribution in [3.63, 3.8) is 0 Å². The number of nitrogens with one attached hydrogen (secondary N) is 3. The minimum atomic E-state index is -0.490. The molecule has 1 aromatic carbocycles. The molecule has 0 radical (unpaired) electrons. The van der Waals surface area contributed by atoms with Gasteiger partial charge in [-0.1, -0.05) is 0 Å². The van der Waals surface area contributed by atoms with Gasteiger partial charge in [-0.15, -0.1) is 11.3 Å². The Bertz CT molecular complexity index is 1180. The second-order valence-electron chi connectivity index (χ2n) is 8.09. The highest BCUT2D eigenvalue weighted by molar-refractivity contribution is 7.19. The molecule has 1 aliphatic rings. The van der Waals surface area contributed by atoms with E-state index >= 15 is 0 Å². The fourth-order valence-electron chi connectivity index (χ4n) is 3.84. The van der Waals surface area contributed by atoms with Gasteiger partial charge in [0.1, 0.15) is 29.3 Å². The number of carbonyl (C=O) groups is 1. The number of anilines is 3. The van der Waals surface area contributed by atoms with Crippen LogP contribution in [0.25, 0.3) is 10.2 Å². The van der Waals surface area contributed by atoms with Gasteiger partial charge in [0.15, 0.2) is 0 Å². The van der Waals surface area contributed by atoms with Crippen molar-refractivity contribution in [1.82, 2.24) is 15.3 Å². The van der Waals surface area contributed by atoms with Crippen molar-refractivity contribution in [2.75, 3.05) is 24.2 Å². The van der Waals surface area contributed by atoms with Crippen LogP contribution in [-0.2, 0) is 17.6 Å². The van der Waals surface area contributed by atoms with Crippen LogP contribution in [0.4, 0.5) is 22.0 Å². The number of rotatable bonds is 8. The van der Waals surface area contributed by atoms with Crippen molar-refractivity contribution < 1.29 is 14.3 Å². The summed E-state index contributed by atoms with van der Waals surface area (Å²) in [5, 5.41) is 14.8. The Morgan fingerprint density at radius 1 is 1.30 bits per heavy atom. The molecule has 2 heterocycles. The molecule has 33 heavy (non-hydrogen) atoms. The molecule has 0 saturated carbocycles. The first kappa shape index (κ1) is 22.8. The van der Waals surface area contributed by atoms with E-state index in [1.165, 1.54) is 23.1 Å². The molecule has 174 valence electrons. The Labute approximate surface area is 196 Å². The molecule has 3 aromatic rings. The lowest BCUT2D eigenvalue weighted by molar-refractivity contribution is 0.114. The molecule has 0 unspecified atom stereocenters. The van der Waals surface area contributed by atoms with Crippen LogP contribution >= 0.6 is 11.3 Å². The highest BCUT2D eigenvalue weighted by atomic mass is 32.1. The Kier molecular flexibility index (Phi) is 6.93. The summed E-state index contributed by atoms with van der Waals surface area (Å²) in [4.78, 5) is 23.0. The number of hydrogen-bond acceptors (Lipinski definition) is 9. The number of aryl methyl sites for hydroxylation is 2. The van der Waals surface area contributed by atoms with Crippen LogP contribution in [0.3, 0.4) is 0 Å². The molecule has 1 amide bonds. The van der Waals surface area contributed by atoms with E-state index in [9.17, 15) is 4.79 Å². The van der Waals surface area contributed by atoms with E-state index in [1.54, 1.807) is 43.6 Å². The van der Waals surface area contributed by atoms with Gasteiger partial charge in [0, 0.05) is 28.4 Å². The monoisotopic (exact) mass is 468 g/mol. The van der Waals surface area contributed by atoms with Gasteiger partial charge in [0.2, 0.25) is 0 Å². The molecule has 9 nitrogen and oxygen atoms in total.